The number of hydrogen-bond donors (Lipinski definition) is 2. The standard InChI is InChI=1S/C17H18ClN3O/c1-11-5-4-6-12(9-11)10-14(16(22)21-17(19)20)13-7-2-3-8-15(13)18/h2-9,14H,10H2,1H3,(H4,19,20,21,22). The highest BCUT2D eigenvalue weighted by molar-refractivity contribution is 6.31. The van der Waals surface area contributed by atoms with E-state index in [9.17, 15) is 4.79 Å². The summed E-state index contributed by atoms with van der Waals surface area (Å²) >= 11 is 6.23. The van der Waals surface area contributed by atoms with Crippen LogP contribution in [0.1, 0.15) is 22.6 Å². The van der Waals surface area contributed by atoms with Crippen LogP contribution in [-0.2, 0) is 11.2 Å². The van der Waals surface area contributed by atoms with Crippen molar-refractivity contribution in [2.75, 3.05) is 0 Å². The third kappa shape index (κ3) is 4.09. The van der Waals surface area contributed by atoms with Crippen LogP contribution in [0.5, 0.6) is 0 Å². The van der Waals surface area contributed by atoms with Crippen molar-refractivity contribution in [1.29, 1.82) is 0 Å². The molecule has 0 saturated carbocycles. The number of carbonyl (C=O) groups is 1. The summed E-state index contributed by atoms with van der Waals surface area (Å²) in [6, 6.07) is 15.2. The fourth-order valence-electron chi connectivity index (χ4n) is 2.37. The topological polar surface area (TPSA) is 81.5 Å². The summed E-state index contributed by atoms with van der Waals surface area (Å²) in [4.78, 5) is 16.1. The van der Waals surface area contributed by atoms with Gasteiger partial charge in [0.2, 0.25) is 0 Å². The number of aliphatic imine (C=N–C) groups is 1. The van der Waals surface area contributed by atoms with Gasteiger partial charge in [-0.25, -0.2) is 0 Å². The maximum Gasteiger partial charge on any atom is 0.256 e. The Bertz CT molecular complexity index is 709. The maximum atomic E-state index is 12.4. The molecule has 2 aromatic carbocycles. The molecule has 1 atom stereocenters. The lowest BCUT2D eigenvalue weighted by Crippen LogP contribution is -2.26. The molecule has 0 heterocycles. The molecule has 0 radical (unpaired) electrons. The molecule has 5 heteroatoms. The summed E-state index contributed by atoms with van der Waals surface area (Å²) in [5.41, 5.74) is 13.6. The zero-order chi connectivity index (χ0) is 16.1. The summed E-state index contributed by atoms with van der Waals surface area (Å²) in [5, 5.41) is 0.527. The van der Waals surface area contributed by atoms with Gasteiger partial charge >= 0.3 is 0 Å². The molecule has 0 aliphatic rings. The van der Waals surface area contributed by atoms with E-state index in [0.717, 1.165) is 16.7 Å². The third-order valence-electron chi connectivity index (χ3n) is 3.34. The van der Waals surface area contributed by atoms with Crippen LogP contribution < -0.4 is 11.5 Å². The van der Waals surface area contributed by atoms with Gasteiger partial charge in [-0.3, -0.25) is 4.79 Å². The normalized spacial score (nSPS) is 11.7. The van der Waals surface area contributed by atoms with Crippen molar-refractivity contribution in [3.63, 3.8) is 0 Å². The van der Waals surface area contributed by atoms with Crippen LogP contribution in [0.3, 0.4) is 0 Å². The van der Waals surface area contributed by atoms with Crippen molar-refractivity contribution in [2.24, 2.45) is 16.5 Å². The van der Waals surface area contributed by atoms with E-state index in [2.05, 4.69) is 4.99 Å². The first kappa shape index (κ1) is 16.0. The second-order valence-electron chi connectivity index (χ2n) is 5.14. The Labute approximate surface area is 134 Å². The van der Waals surface area contributed by atoms with E-state index in [0.29, 0.717) is 11.4 Å². The van der Waals surface area contributed by atoms with E-state index in [4.69, 9.17) is 23.1 Å². The average molecular weight is 316 g/mol. The number of halogens is 1. The molecule has 1 amide bonds. The van der Waals surface area contributed by atoms with Crippen molar-refractivity contribution in [3.05, 3.63) is 70.2 Å². The molecule has 4 N–H and O–H groups in total. The zero-order valence-electron chi connectivity index (χ0n) is 12.3. The fraction of sp³-hybridized carbons (Fsp3) is 0.176. The number of rotatable bonds is 4. The molecule has 2 rings (SSSR count). The van der Waals surface area contributed by atoms with Gasteiger partial charge in [0.15, 0.2) is 5.96 Å². The minimum absolute atomic E-state index is 0.244. The molecule has 22 heavy (non-hydrogen) atoms. The van der Waals surface area contributed by atoms with Gasteiger partial charge in [-0.1, -0.05) is 59.6 Å². The van der Waals surface area contributed by atoms with E-state index in [-0.39, 0.29) is 5.96 Å². The molecule has 0 saturated heterocycles. The maximum absolute atomic E-state index is 12.4. The second-order valence-corrected chi connectivity index (χ2v) is 5.55. The van der Waals surface area contributed by atoms with Crippen LogP contribution in [0, 0.1) is 6.92 Å². The average Bonchev–Trinajstić information content (AvgIpc) is 2.45. The lowest BCUT2D eigenvalue weighted by molar-refractivity contribution is -0.119. The quantitative estimate of drug-likeness (QED) is 0.672. The first-order chi connectivity index (χ1) is 10.5. The van der Waals surface area contributed by atoms with Gasteiger partial charge in [-0.15, -0.1) is 0 Å². The Morgan fingerprint density at radius 1 is 1.18 bits per heavy atom. The number of amides is 1. The first-order valence-corrected chi connectivity index (χ1v) is 7.28. The zero-order valence-corrected chi connectivity index (χ0v) is 13.0. The smallest absolute Gasteiger partial charge is 0.256 e. The van der Waals surface area contributed by atoms with Crippen molar-refractivity contribution in [3.8, 4) is 0 Å². The number of carbonyl (C=O) groups excluding carboxylic acids is 1. The fourth-order valence-corrected chi connectivity index (χ4v) is 2.64. The first-order valence-electron chi connectivity index (χ1n) is 6.91. The molecule has 0 spiro atoms. The van der Waals surface area contributed by atoms with E-state index in [1.807, 2.05) is 49.4 Å². The number of aryl methyl sites for hydroxylation is 1. The Morgan fingerprint density at radius 2 is 1.91 bits per heavy atom. The van der Waals surface area contributed by atoms with Crippen LogP contribution in [0.2, 0.25) is 5.02 Å². The number of hydrogen-bond acceptors (Lipinski definition) is 1. The van der Waals surface area contributed by atoms with Crippen molar-refractivity contribution in [2.45, 2.75) is 19.3 Å². The molecular formula is C17H18ClN3O. The van der Waals surface area contributed by atoms with E-state index >= 15 is 0 Å². The molecule has 0 aromatic heterocycles. The monoisotopic (exact) mass is 315 g/mol. The predicted octanol–water partition coefficient (Wildman–Crippen LogP) is 2.77. The van der Waals surface area contributed by atoms with Gasteiger partial charge in [0.05, 0.1) is 5.92 Å². The molecule has 4 nitrogen and oxygen atoms in total. The van der Waals surface area contributed by atoms with Gasteiger partial charge in [0.1, 0.15) is 0 Å². The summed E-state index contributed by atoms with van der Waals surface area (Å²) in [7, 11) is 0. The minimum Gasteiger partial charge on any atom is -0.370 e. The lowest BCUT2D eigenvalue weighted by Gasteiger charge is -2.16. The lowest BCUT2D eigenvalue weighted by atomic mass is 9.91. The molecule has 1 unspecified atom stereocenters. The van der Waals surface area contributed by atoms with Crippen molar-refractivity contribution >= 4 is 23.5 Å². The van der Waals surface area contributed by atoms with Gasteiger partial charge < -0.3 is 11.5 Å². The number of benzene rings is 2. The highest BCUT2D eigenvalue weighted by atomic mass is 35.5. The van der Waals surface area contributed by atoms with Crippen LogP contribution in [0.25, 0.3) is 0 Å². The molecule has 114 valence electrons. The van der Waals surface area contributed by atoms with Crippen molar-refractivity contribution in [1.82, 2.24) is 0 Å². The van der Waals surface area contributed by atoms with E-state index in [1.54, 1.807) is 6.07 Å². The summed E-state index contributed by atoms with van der Waals surface area (Å²) in [6.07, 6.45) is 0.487. The number of guanidine groups is 1. The molecule has 2 aromatic rings. The van der Waals surface area contributed by atoms with Crippen LogP contribution in [-0.4, -0.2) is 11.9 Å². The summed E-state index contributed by atoms with van der Waals surface area (Å²) in [5.74, 6) is -1.15. The highest BCUT2D eigenvalue weighted by Gasteiger charge is 2.23. The van der Waals surface area contributed by atoms with Crippen LogP contribution in [0.15, 0.2) is 53.5 Å². The van der Waals surface area contributed by atoms with Crippen molar-refractivity contribution < 1.29 is 4.79 Å². The Hall–Kier alpha value is -2.33. The van der Waals surface area contributed by atoms with Gasteiger partial charge in [-0.2, -0.15) is 4.99 Å². The molecule has 0 fully saturated rings. The molecular weight excluding hydrogens is 298 g/mol. The Balaban J connectivity index is 2.40. The van der Waals surface area contributed by atoms with E-state index < -0.39 is 11.8 Å². The Kier molecular flexibility index (Phi) is 5.17. The predicted molar refractivity (Wildman–Crippen MR) is 89.9 cm³/mol. The second kappa shape index (κ2) is 7.09. The van der Waals surface area contributed by atoms with Gasteiger partial charge in [0.25, 0.3) is 5.91 Å². The molecule has 0 aliphatic carbocycles. The van der Waals surface area contributed by atoms with Gasteiger partial charge in [-0.05, 0) is 30.5 Å². The third-order valence-corrected chi connectivity index (χ3v) is 3.68. The van der Waals surface area contributed by atoms with Gasteiger partial charge in [0, 0.05) is 5.02 Å². The summed E-state index contributed by atoms with van der Waals surface area (Å²) in [6.45, 7) is 2.01. The van der Waals surface area contributed by atoms with E-state index in [1.165, 1.54) is 0 Å². The summed E-state index contributed by atoms with van der Waals surface area (Å²) < 4.78 is 0. The number of nitrogens with two attached hydrogens (primary N) is 2. The molecule has 0 bridgehead atoms. The Morgan fingerprint density at radius 3 is 2.55 bits per heavy atom. The SMILES string of the molecule is Cc1cccc(CC(C(=O)N=C(N)N)c2ccccc2Cl)c1. The number of nitrogens with zero attached hydrogens (tertiary/aromatic N) is 1. The molecule has 0 aliphatic heterocycles. The van der Waals surface area contributed by atoms with Crippen LogP contribution >= 0.6 is 11.6 Å². The van der Waals surface area contributed by atoms with Crippen LogP contribution in [0.4, 0.5) is 0 Å². The largest absolute Gasteiger partial charge is 0.370 e. The minimum atomic E-state index is -0.516. The highest BCUT2D eigenvalue weighted by Crippen LogP contribution is 2.29.